The molecule has 1 rings (SSSR count). The lowest BCUT2D eigenvalue weighted by molar-refractivity contribution is -0.139. The van der Waals surface area contributed by atoms with Crippen LogP contribution in [0.4, 0.5) is 5.82 Å². The zero-order valence-electron chi connectivity index (χ0n) is 8.70. The van der Waals surface area contributed by atoms with Crippen LogP contribution in [-0.2, 0) is 9.53 Å². The number of pyridine rings is 1. The summed E-state index contributed by atoms with van der Waals surface area (Å²) in [5.74, 6) is 5.48. The zero-order valence-corrected chi connectivity index (χ0v) is 8.70. The first-order valence-electron chi connectivity index (χ1n) is 4.41. The molecule has 2 N–H and O–H groups in total. The molecule has 0 spiro atoms. The zero-order chi connectivity index (χ0) is 11.3. The van der Waals surface area contributed by atoms with Gasteiger partial charge in [-0.05, 0) is 30.5 Å². The van der Waals surface area contributed by atoms with Gasteiger partial charge in [0.15, 0.2) is 0 Å². The minimum absolute atomic E-state index is 0.0615. The van der Waals surface area contributed by atoms with Crippen LogP contribution in [0.3, 0.4) is 0 Å². The van der Waals surface area contributed by atoms with E-state index in [1.54, 1.807) is 12.1 Å². The maximum atomic E-state index is 10.8. The van der Waals surface area contributed by atoms with E-state index in [0.29, 0.717) is 11.5 Å². The molecule has 0 aromatic carbocycles. The predicted octanol–water partition coefficient (Wildman–Crippen LogP) is 0.887. The van der Waals surface area contributed by atoms with Gasteiger partial charge in [0, 0.05) is 0 Å². The van der Waals surface area contributed by atoms with Crippen molar-refractivity contribution < 1.29 is 9.53 Å². The number of ether oxygens (including phenoxy) is 1. The molecule has 4 heteroatoms. The van der Waals surface area contributed by atoms with Crippen molar-refractivity contribution in [3.63, 3.8) is 0 Å². The van der Waals surface area contributed by atoms with Gasteiger partial charge in [-0.1, -0.05) is 5.92 Å². The molecule has 0 bridgehead atoms. The van der Waals surface area contributed by atoms with Gasteiger partial charge < -0.3 is 10.5 Å². The monoisotopic (exact) mass is 204 g/mol. The number of aromatic nitrogens is 1. The van der Waals surface area contributed by atoms with Crippen LogP contribution in [-0.4, -0.2) is 18.1 Å². The summed E-state index contributed by atoms with van der Waals surface area (Å²) in [6.45, 7) is 1.91. The smallest absolute Gasteiger partial charge is 0.317 e. The first kappa shape index (κ1) is 11.1. The number of anilines is 1. The molecule has 4 nitrogen and oxygen atoms in total. The Bertz CT molecular complexity index is 410. The molecule has 1 aromatic heterocycles. The Morgan fingerprint density at radius 1 is 1.60 bits per heavy atom. The summed E-state index contributed by atoms with van der Waals surface area (Å²) in [7, 11) is 1.33. The Morgan fingerprint density at radius 3 is 2.93 bits per heavy atom. The fourth-order valence-electron chi connectivity index (χ4n) is 1.04. The maximum Gasteiger partial charge on any atom is 0.317 e. The number of methoxy groups -OCH3 is 1. The Kier molecular flexibility index (Phi) is 3.69. The Hall–Kier alpha value is -2.02. The molecule has 0 fully saturated rings. The maximum absolute atomic E-state index is 10.8. The molecule has 0 saturated carbocycles. The number of esters is 1. The van der Waals surface area contributed by atoms with Crippen LogP contribution < -0.4 is 5.73 Å². The molecule has 0 aliphatic heterocycles. The van der Waals surface area contributed by atoms with Crippen molar-refractivity contribution in [2.45, 2.75) is 13.3 Å². The number of rotatable bonds is 1. The third-order valence-electron chi connectivity index (χ3n) is 1.67. The minimum Gasteiger partial charge on any atom is -0.468 e. The lowest BCUT2D eigenvalue weighted by Crippen LogP contribution is -1.97. The SMILES string of the molecule is COC(=O)CC#Cc1cc(C)cc(N)n1. The van der Waals surface area contributed by atoms with E-state index in [1.165, 1.54) is 7.11 Å². The second kappa shape index (κ2) is 5.01. The highest BCUT2D eigenvalue weighted by molar-refractivity contribution is 5.72. The number of hydrogen-bond acceptors (Lipinski definition) is 4. The highest BCUT2D eigenvalue weighted by Crippen LogP contribution is 2.04. The first-order valence-corrected chi connectivity index (χ1v) is 4.41. The van der Waals surface area contributed by atoms with E-state index in [-0.39, 0.29) is 12.4 Å². The summed E-state index contributed by atoms with van der Waals surface area (Å²) >= 11 is 0. The second-order valence-corrected chi connectivity index (χ2v) is 3.01. The van der Waals surface area contributed by atoms with Crippen molar-refractivity contribution in [1.29, 1.82) is 0 Å². The number of carbonyl (C=O) groups is 1. The highest BCUT2D eigenvalue weighted by Gasteiger charge is 1.96. The molecule has 1 aromatic rings. The van der Waals surface area contributed by atoms with E-state index in [0.717, 1.165) is 5.56 Å². The molecule has 0 radical (unpaired) electrons. The molecule has 78 valence electrons. The average Bonchev–Trinajstić information content (AvgIpc) is 2.16. The summed E-state index contributed by atoms with van der Waals surface area (Å²) in [6.07, 6.45) is 0.0615. The van der Waals surface area contributed by atoms with Gasteiger partial charge in [-0.25, -0.2) is 4.98 Å². The third-order valence-corrected chi connectivity index (χ3v) is 1.67. The fraction of sp³-hybridized carbons (Fsp3) is 0.273. The predicted molar refractivity (Wildman–Crippen MR) is 56.9 cm³/mol. The van der Waals surface area contributed by atoms with E-state index in [2.05, 4.69) is 21.6 Å². The Labute approximate surface area is 88.5 Å². The van der Waals surface area contributed by atoms with Gasteiger partial charge in [0.25, 0.3) is 0 Å². The number of carbonyl (C=O) groups excluding carboxylic acids is 1. The average molecular weight is 204 g/mol. The van der Waals surface area contributed by atoms with Crippen molar-refractivity contribution >= 4 is 11.8 Å². The molecule has 0 atom stereocenters. The number of nitrogen functional groups attached to an aromatic ring is 1. The van der Waals surface area contributed by atoms with Gasteiger partial charge in [0.05, 0.1) is 7.11 Å². The molecule has 1 heterocycles. The van der Waals surface area contributed by atoms with Crippen molar-refractivity contribution in [2.75, 3.05) is 12.8 Å². The van der Waals surface area contributed by atoms with Crippen molar-refractivity contribution in [3.05, 3.63) is 23.4 Å². The van der Waals surface area contributed by atoms with Crippen molar-refractivity contribution in [3.8, 4) is 11.8 Å². The van der Waals surface area contributed by atoms with Crippen LogP contribution in [0.25, 0.3) is 0 Å². The highest BCUT2D eigenvalue weighted by atomic mass is 16.5. The summed E-state index contributed by atoms with van der Waals surface area (Å²) < 4.78 is 4.45. The van der Waals surface area contributed by atoms with Crippen LogP contribution in [0.2, 0.25) is 0 Å². The number of nitrogens with zero attached hydrogens (tertiary/aromatic N) is 1. The number of hydrogen-bond donors (Lipinski definition) is 1. The van der Waals surface area contributed by atoms with Gasteiger partial charge in [-0.3, -0.25) is 4.79 Å². The summed E-state index contributed by atoms with van der Waals surface area (Å²) in [6, 6.07) is 3.56. The normalized spacial score (nSPS) is 8.93. The topological polar surface area (TPSA) is 65.2 Å². The Balaban J connectivity index is 2.75. The molecule has 15 heavy (non-hydrogen) atoms. The van der Waals surface area contributed by atoms with Crippen LogP contribution in [0.15, 0.2) is 12.1 Å². The molecular formula is C11H12N2O2. The standard InChI is InChI=1S/C11H12N2O2/c1-8-6-9(13-10(12)7-8)4-3-5-11(14)15-2/h6-7H,5H2,1-2H3,(H2,12,13). The number of nitrogens with two attached hydrogens (primary N) is 1. The summed E-state index contributed by atoms with van der Waals surface area (Å²) in [5.41, 5.74) is 7.10. The van der Waals surface area contributed by atoms with Crippen molar-refractivity contribution in [2.24, 2.45) is 0 Å². The largest absolute Gasteiger partial charge is 0.468 e. The molecule has 0 aliphatic rings. The van der Waals surface area contributed by atoms with Gasteiger partial charge in [0.1, 0.15) is 17.9 Å². The van der Waals surface area contributed by atoms with E-state index >= 15 is 0 Å². The van der Waals surface area contributed by atoms with Crippen LogP contribution >= 0.6 is 0 Å². The lowest BCUT2D eigenvalue weighted by Gasteiger charge is -1.96. The third kappa shape index (κ3) is 3.69. The van der Waals surface area contributed by atoms with Crippen molar-refractivity contribution in [1.82, 2.24) is 4.98 Å². The van der Waals surface area contributed by atoms with Crippen LogP contribution in [0.1, 0.15) is 17.7 Å². The van der Waals surface area contributed by atoms with Gasteiger partial charge in [-0.2, -0.15) is 0 Å². The molecule has 0 saturated heterocycles. The van der Waals surface area contributed by atoms with E-state index in [9.17, 15) is 4.79 Å². The Morgan fingerprint density at radius 2 is 2.33 bits per heavy atom. The quantitative estimate of drug-likeness (QED) is 0.545. The molecule has 0 unspecified atom stereocenters. The van der Waals surface area contributed by atoms with Crippen LogP contribution in [0, 0.1) is 18.8 Å². The fourth-order valence-corrected chi connectivity index (χ4v) is 1.04. The van der Waals surface area contributed by atoms with Crippen LogP contribution in [0.5, 0.6) is 0 Å². The molecular weight excluding hydrogens is 192 g/mol. The summed E-state index contributed by atoms with van der Waals surface area (Å²) in [5, 5.41) is 0. The lowest BCUT2D eigenvalue weighted by atomic mass is 10.2. The molecule has 0 amide bonds. The number of aryl methyl sites for hydroxylation is 1. The van der Waals surface area contributed by atoms with Gasteiger partial charge in [-0.15, -0.1) is 0 Å². The molecule has 0 aliphatic carbocycles. The van der Waals surface area contributed by atoms with Gasteiger partial charge >= 0.3 is 5.97 Å². The second-order valence-electron chi connectivity index (χ2n) is 3.01. The summed E-state index contributed by atoms with van der Waals surface area (Å²) in [4.78, 5) is 14.8. The first-order chi connectivity index (χ1) is 7.11. The van der Waals surface area contributed by atoms with E-state index in [1.807, 2.05) is 6.92 Å². The van der Waals surface area contributed by atoms with Gasteiger partial charge in [0.2, 0.25) is 0 Å². The minimum atomic E-state index is -0.358. The van der Waals surface area contributed by atoms with E-state index in [4.69, 9.17) is 5.73 Å². The van der Waals surface area contributed by atoms with E-state index < -0.39 is 0 Å².